The van der Waals surface area contributed by atoms with E-state index in [9.17, 15) is 4.79 Å². The van der Waals surface area contributed by atoms with Gasteiger partial charge in [-0.15, -0.1) is 0 Å². The summed E-state index contributed by atoms with van der Waals surface area (Å²) in [6.07, 6.45) is 0.569. The van der Waals surface area contributed by atoms with Gasteiger partial charge >= 0.3 is 0 Å². The van der Waals surface area contributed by atoms with Crippen LogP contribution in [0.2, 0.25) is 0 Å². The Morgan fingerprint density at radius 1 is 1.08 bits per heavy atom. The Balaban J connectivity index is 1.87. The summed E-state index contributed by atoms with van der Waals surface area (Å²) < 4.78 is 16.1. The maximum Gasteiger partial charge on any atom is 0.217 e. The van der Waals surface area contributed by atoms with Crippen molar-refractivity contribution in [1.82, 2.24) is 0 Å². The number of rotatable bonds is 5. The summed E-state index contributed by atoms with van der Waals surface area (Å²) in [5.74, 6) is 1.67. The van der Waals surface area contributed by atoms with Gasteiger partial charge in [0.15, 0.2) is 23.9 Å². The van der Waals surface area contributed by atoms with Gasteiger partial charge in [-0.1, -0.05) is 30.3 Å². The van der Waals surface area contributed by atoms with Crippen molar-refractivity contribution in [3.8, 4) is 11.5 Å². The zero-order chi connectivity index (χ0) is 16.9. The molecule has 0 amide bonds. The molecule has 1 aliphatic rings. The number of carbonyl (C=O) groups is 1. The quantitative estimate of drug-likeness (QED) is 0.848. The van der Waals surface area contributed by atoms with Crippen LogP contribution in [0.5, 0.6) is 11.5 Å². The minimum Gasteiger partial charge on any atom is -0.493 e. The number of ether oxygens (including phenoxy) is 3. The lowest BCUT2D eigenvalue weighted by atomic mass is 10.0. The number of nitrogens with zero attached hydrogens (tertiary/aromatic N) is 1. The third-order valence-corrected chi connectivity index (χ3v) is 3.90. The van der Waals surface area contributed by atoms with E-state index in [0.29, 0.717) is 23.8 Å². The Bertz CT molecular complexity index is 755. The molecule has 5 nitrogen and oxygen atoms in total. The molecule has 0 bridgehead atoms. The Hall–Kier alpha value is -2.82. The molecule has 0 aliphatic carbocycles. The zero-order valence-corrected chi connectivity index (χ0v) is 13.7. The Labute approximate surface area is 140 Å². The van der Waals surface area contributed by atoms with E-state index < -0.39 is 6.04 Å². The first-order valence-corrected chi connectivity index (χ1v) is 7.71. The Kier molecular flexibility index (Phi) is 4.79. The molecule has 5 heteroatoms. The largest absolute Gasteiger partial charge is 0.493 e. The van der Waals surface area contributed by atoms with Gasteiger partial charge in [0.05, 0.1) is 14.2 Å². The SMILES string of the molecule is COc1ccc(C2=NC(Cc3ccccc3)C(=O)CO2)cc1OC. The van der Waals surface area contributed by atoms with Gasteiger partial charge in [-0.2, -0.15) is 0 Å². The first kappa shape index (κ1) is 16.1. The number of methoxy groups -OCH3 is 2. The molecular formula is C19H19NO4. The second-order valence-electron chi connectivity index (χ2n) is 5.46. The third-order valence-electron chi connectivity index (χ3n) is 3.90. The molecule has 0 aromatic heterocycles. The lowest BCUT2D eigenvalue weighted by molar-refractivity contribution is -0.123. The van der Waals surface area contributed by atoms with Crippen LogP contribution in [0.15, 0.2) is 53.5 Å². The Morgan fingerprint density at radius 2 is 1.83 bits per heavy atom. The predicted octanol–water partition coefficient (Wildman–Crippen LogP) is 2.66. The molecule has 1 aliphatic heterocycles. The van der Waals surface area contributed by atoms with E-state index in [1.165, 1.54) is 0 Å². The van der Waals surface area contributed by atoms with Gasteiger partial charge in [-0.25, -0.2) is 4.99 Å². The molecule has 124 valence electrons. The lowest BCUT2D eigenvalue weighted by Gasteiger charge is -2.21. The molecule has 0 saturated heterocycles. The fourth-order valence-corrected chi connectivity index (χ4v) is 2.61. The minimum absolute atomic E-state index is 0.0110. The van der Waals surface area contributed by atoms with Crippen molar-refractivity contribution in [3.05, 3.63) is 59.7 Å². The highest BCUT2D eigenvalue weighted by molar-refractivity contribution is 6.01. The maximum atomic E-state index is 12.1. The fraction of sp³-hybridized carbons (Fsp3) is 0.263. The smallest absolute Gasteiger partial charge is 0.217 e. The average molecular weight is 325 g/mol. The summed E-state index contributed by atoms with van der Waals surface area (Å²) in [7, 11) is 3.16. The minimum atomic E-state index is -0.427. The van der Waals surface area contributed by atoms with Crippen LogP contribution in [0.3, 0.4) is 0 Å². The molecule has 0 N–H and O–H groups in total. The van der Waals surface area contributed by atoms with Gasteiger partial charge in [0.1, 0.15) is 6.04 Å². The van der Waals surface area contributed by atoms with Gasteiger partial charge in [-0.05, 0) is 23.8 Å². The number of ketones is 1. The standard InChI is InChI=1S/C19H19NO4/c1-22-17-9-8-14(11-18(17)23-2)19-20-15(16(21)12-24-19)10-13-6-4-3-5-7-13/h3-9,11,15H,10,12H2,1-2H3. The summed E-state index contributed by atoms with van der Waals surface area (Å²) in [6, 6.07) is 14.9. The van der Waals surface area contributed by atoms with Crippen LogP contribution in [0.25, 0.3) is 0 Å². The maximum absolute atomic E-state index is 12.1. The fourth-order valence-electron chi connectivity index (χ4n) is 2.61. The van der Waals surface area contributed by atoms with Gasteiger partial charge < -0.3 is 14.2 Å². The number of hydrogen-bond donors (Lipinski definition) is 0. The topological polar surface area (TPSA) is 57.1 Å². The molecule has 1 unspecified atom stereocenters. The van der Waals surface area contributed by atoms with Crippen molar-refractivity contribution in [2.75, 3.05) is 20.8 Å². The second kappa shape index (κ2) is 7.17. The van der Waals surface area contributed by atoms with E-state index in [2.05, 4.69) is 4.99 Å². The van der Waals surface area contributed by atoms with E-state index in [1.54, 1.807) is 26.4 Å². The van der Waals surface area contributed by atoms with Crippen LogP contribution < -0.4 is 9.47 Å². The first-order valence-electron chi connectivity index (χ1n) is 7.71. The van der Waals surface area contributed by atoms with E-state index >= 15 is 0 Å². The molecule has 24 heavy (non-hydrogen) atoms. The number of benzene rings is 2. The zero-order valence-electron chi connectivity index (χ0n) is 13.7. The molecule has 3 rings (SSSR count). The van der Waals surface area contributed by atoms with Crippen LogP contribution >= 0.6 is 0 Å². The highest BCUT2D eigenvalue weighted by Gasteiger charge is 2.26. The van der Waals surface area contributed by atoms with Crippen LogP contribution in [0.1, 0.15) is 11.1 Å². The predicted molar refractivity (Wildman–Crippen MR) is 91.0 cm³/mol. The van der Waals surface area contributed by atoms with Crippen LogP contribution in [0.4, 0.5) is 0 Å². The van der Waals surface area contributed by atoms with Gasteiger partial charge in [0.25, 0.3) is 0 Å². The molecule has 1 atom stereocenters. The Morgan fingerprint density at radius 3 is 2.54 bits per heavy atom. The monoisotopic (exact) mass is 325 g/mol. The molecule has 0 saturated carbocycles. The van der Waals surface area contributed by atoms with Crippen molar-refractivity contribution in [1.29, 1.82) is 0 Å². The van der Waals surface area contributed by atoms with Gasteiger partial charge in [0.2, 0.25) is 5.90 Å². The molecular weight excluding hydrogens is 306 g/mol. The van der Waals surface area contributed by atoms with Gasteiger partial charge in [0, 0.05) is 12.0 Å². The second-order valence-corrected chi connectivity index (χ2v) is 5.46. The van der Waals surface area contributed by atoms with E-state index in [0.717, 1.165) is 11.1 Å². The van der Waals surface area contributed by atoms with Crippen molar-refractivity contribution < 1.29 is 19.0 Å². The van der Waals surface area contributed by atoms with E-state index in [1.807, 2.05) is 36.4 Å². The summed E-state index contributed by atoms with van der Waals surface area (Å²) in [4.78, 5) is 16.6. The average Bonchev–Trinajstić information content (AvgIpc) is 2.64. The lowest BCUT2D eigenvalue weighted by Crippen LogP contribution is -2.33. The first-order chi connectivity index (χ1) is 11.7. The van der Waals surface area contributed by atoms with Crippen molar-refractivity contribution >= 4 is 11.7 Å². The van der Waals surface area contributed by atoms with Crippen molar-refractivity contribution in [3.63, 3.8) is 0 Å². The van der Waals surface area contributed by atoms with Crippen molar-refractivity contribution in [2.45, 2.75) is 12.5 Å². The van der Waals surface area contributed by atoms with E-state index in [-0.39, 0.29) is 12.4 Å². The number of hydrogen-bond acceptors (Lipinski definition) is 5. The van der Waals surface area contributed by atoms with Crippen molar-refractivity contribution in [2.24, 2.45) is 4.99 Å². The molecule has 2 aromatic carbocycles. The molecule has 0 spiro atoms. The van der Waals surface area contributed by atoms with Crippen LogP contribution in [-0.2, 0) is 16.0 Å². The number of aliphatic imine (C=N–C) groups is 1. The normalized spacial score (nSPS) is 17.0. The highest BCUT2D eigenvalue weighted by atomic mass is 16.5. The van der Waals surface area contributed by atoms with Crippen LogP contribution in [0, 0.1) is 0 Å². The molecule has 2 aromatic rings. The summed E-state index contributed by atoms with van der Waals surface area (Å²) in [5, 5.41) is 0. The van der Waals surface area contributed by atoms with Gasteiger partial charge in [-0.3, -0.25) is 4.79 Å². The third kappa shape index (κ3) is 3.40. The highest BCUT2D eigenvalue weighted by Crippen LogP contribution is 2.28. The molecule has 0 radical (unpaired) electrons. The molecule has 1 heterocycles. The van der Waals surface area contributed by atoms with Crippen LogP contribution in [-0.4, -0.2) is 38.5 Å². The summed E-state index contributed by atoms with van der Waals surface area (Å²) >= 11 is 0. The number of carbonyl (C=O) groups excluding carboxylic acids is 1. The van der Waals surface area contributed by atoms with E-state index in [4.69, 9.17) is 14.2 Å². The number of Topliss-reactive ketones (excluding diaryl/α,β-unsaturated/α-hetero) is 1. The summed E-state index contributed by atoms with van der Waals surface area (Å²) in [5.41, 5.74) is 1.84. The molecule has 0 fully saturated rings. The summed E-state index contributed by atoms with van der Waals surface area (Å²) in [6.45, 7) is 0.0324.